The van der Waals surface area contributed by atoms with Gasteiger partial charge in [0.2, 0.25) is 0 Å². The molecule has 1 aliphatic rings. The molecule has 0 fully saturated rings. The molecule has 0 radical (unpaired) electrons. The van der Waals surface area contributed by atoms with Crippen molar-refractivity contribution >= 4 is 23.0 Å². The van der Waals surface area contributed by atoms with Gasteiger partial charge in [-0.05, 0) is 30.0 Å². The van der Waals surface area contributed by atoms with Gasteiger partial charge in [-0.3, -0.25) is 0 Å². The van der Waals surface area contributed by atoms with E-state index in [1.165, 1.54) is 11.4 Å². The summed E-state index contributed by atoms with van der Waals surface area (Å²) in [6.45, 7) is 8.65. The molecule has 0 amide bonds. The number of fused-ring (bicyclic) bond motifs is 1. The quantitative estimate of drug-likeness (QED) is 0.744. The summed E-state index contributed by atoms with van der Waals surface area (Å²) in [5.41, 5.74) is 3.84. The van der Waals surface area contributed by atoms with E-state index in [2.05, 4.69) is 44.1 Å². The molecule has 0 bridgehead atoms. The van der Waals surface area contributed by atoms with Gasteiger partial charge in [-0.1, -0.05) is 25.4 Å². The molecule has 1 heterocycles. The highest BCUT2D eigenvalue weighted by molar-refractivity contribution is 6.32. The molecule has 2 rings (SSSR count). The standard InChI is InChI=1S/C13H19ClN2/c1-9-10(14)5-6-11-12(9)15-7-13(2,3)8-16(11)4/h5-6,15H,7-8H2,1-4H3. The van der Waals surface area contributed by atoms with Crippen molar-refractivity contribution in [3.8, 4) is 0 Å². The van der Waals surface area contributed by atoms with E-state index in [9.17, 15) is 0 Å². The molecule has 1 N–H and O–H groups in total. The van der Waals surface area contributed by atoms with Gasteiger partial charge in [0, 0.05) is 25.2 Å². The van der Waals surface area contributed by atoms with Crippen LogP contribution in [0.4, 0.5) is 11.4 Å². The molecule has 0 saturated carbocycles. The molecule has 0 unspecified atom stereocenters. The van der Waals surface area contributed by atoms with Crippen molar-refractivity contribution in [1.29, 1.82) is 0 Å². The number of rotatable bonds is 0. The van der Waals surface area contributed by atoms with Gasteiger partial charge in [-0.15, -0.1) is 0 Å². The third-order valence-corrected chi connectivity index (χ3v) is 3.61. The maximum atomic E-state index is 6.16. The van der Waals surface area contributed by atoms with Gasteiger partial charge in [0.1, 0.15) is 0 Å². The minimum atomic E-state index is 0.271. The molecule has 88 valence electrons. The second-order valence-electron chi connectivity index (χ2n) is 5.44. The van der Waals surface area contributed by atoms with Gasteiger partial charge in [-0.2, -0.15) is 0 Å². The van der Waals surface area contributed by atoms with Crippen LogP contribution in [0.5, 0.6) is 0 Å². The summed E-state index contributed by atoms with van der Waals surface area (Å²) in [4.78, 5) is 2.30. The Morgan fingerprint density at radius 2 is 2.06 bits per heavy atom. The number of hydrogen-bond donors (Lipinski definition) is 1. The highest BCUT2D eigenvalue weighted by atomic mass is 35.5. The molecule has 0 aromatic heterocycles. The Morgan fingerprint density at radius 3 is 2.75 bits per heavy atom. The average Bonchev–Trinajstić information content (AvgIpc) is 2.29. The average molecular weight is 239 g/mol. The van der Waals surface area contributed by atoms with Gasteiger partial charge >= 0.3 is 0 Å². The summed E-state index contributed by atoms with van der Waals surface area (Å²) in [7, 11) is 2.14. The van der Waals surface area contributed by atoms with E-state index in [1.54, 1.807) is 0 Å². The van der Waals surface area contributed by atoms with E-state index < -0.39 is 0 Å². The van der Waals surface area contributed by atoms with Crippen LogP contribution >= 0.6 is 11.6 Å². The van der Waals surface area contributed by atoms with Crippen LogP contribution in [-0.2, 0) is 0 Å². The molecule has 3 heteroatoms. The fourth-order valence-corrected chi connectivity index (χ4v) is 2.48. The first-order chi connectivity index (χ1) is 7.41. The predicted octanol–water partition coefficient (Wildman–Crippen LogP) is 3.54. The number of hydrogen-bond acceptors (Lipinski definition) is 2. The fraction of sp³-hybridized carbons (Fsp3) is 0.538. The monoisotopic (exact) mass is 238 g/mol. The summed E-state index contributed by atoms with van der Waals surface area (Å²) >= 11 is 6.16. The maximum absolute atomic E-state index is 6.16. The van der Waals surface area contributed by atoms with Crippen LogP contribution in [0.15, 0.2) is 12.1 Å². The number of benzene rings is 1. The van der Waals surface area contributed by atoms with Gasteiger partial charge in [0.15, 0.2) is 0 Å². The Bertz CT molecular complexity index is 413. The van der Waals surface area contributed by atoms with E-state index in [0.29, 0.717) is 0 Å². The van der Waals surface area contributed by atoms with Crippen LogP contribution in [-0.4, -0.2) is 20.1 Å². The highest BCUT2D eigenvalue weighted by Gasteiger charge is 2.26. The lowest BCUT2D eigenvalue weighted by atomic mass is 9.93. The van der Waals surface area contributed by atoms with Crippen LogP contribution in [0, 0.1) is 12.3 Å². The largest absolute Gasteiger partial charge is 0.383 e. The van der Waals surface area contributed by atoms with Crippen LogP contribution < -0.4 is 10.2 Å². The molecular formula is C13H19ClN2. The van der Waals surface area contributed by atoms with E-state index >= 15 is 0 Å². The van der Waals surface area contributed by atoms with Crippen molar-refractivity contribution in [2.45, 2.75) is 20.8 Å². The van der Waals surface area contributed by atoms with E-state index in [0.717, 1.165) is 23.7 Å². The first-order valence-corrected chi connectivity index (χ1v) is 6.03. The minimum absolute atomic E-state index is 0.271. The lowest BCUT2D eigenvalue weighted by Gasteiger charge is -2.27. The molecule has 16 heavy (non-hydrogen) atoms. The highest BCUT2D eigenvalue weighted by Crippen LogP contribution is 2.37. The van der Waals surface area contributed by atoms with Crippen molar-refractivity contribution in [1.82, 2.24) is 0 Å². The Balaban J connectivity index is 2.49. The van der Waals surface area contributed by atoms with E-state index in [1.807, 2.05) is 6.07 Å². The van der Waals surface area contributed by atoms with Crippen LogP contribution in [0.2, 0.25) is 5.02 Å². The molecule has 0 spiro atoms. The first-order valence-electron chi connectivity index (χ1n) is 5.65. The molecule has 1 aromatic rings. The third kappa shape index (κ3) is 1.99. The predicted molar refractivity (Wildman–Crippen MR) is 71.7 cm³/mol. The zero-order valence-electron chi connectivity index (χ0n) is 10.4. The summed E-state index contributed by atoms with van der Waals surface area (Å²) in [5, 5.41) is 4.36. The van der Waals surface area contributed by atoms with Crippen molar-refractivity contribution < 1.29 is 0 Å². The van der Waals surface area contributed by atoms with Gasteiger partial charge in [-0.25, -0.2) is 0 Å². The Hall–Kier alpha value is -0.890. The number of nitrogens with zero attached hydrogens (tertiary/aromatic N) is 1. The molecular weight excluding hydrogens is 220 g/mol. The van der Waals surface area contributed by atoms with Gasteiger partial charge < -0.3 is 10.2 Å². The summed E-state index contributed by atoms with van der Waals surface area (Å²) < 4.78 is 0. The van der Waals surface area contributed by atoms with Gasteiger partial charge in [0.25, 0.3) is 0 Å². The Kier molecular flexibility index (Phi) is 2.79. The summed E-state index contributed by atoms with van der Waals surface area (Å²) in [5.74, 6) is 0. The smallest absolute Gasteiger partial charge is 0.0622 e. The summed E-state index contributed by atoms with van der Waals surface area (Å²) in [6, 6.07) is 4.07. The zero-order valence-corrected chi connectivity index (χ0v) is 11.2. The zero-order chi connectivity index (χ0) is 11.9. The van der Waals surface area contributed by atoms with Crippen molar-refractivity contribution in [2.24, 2.45) is 5.41 Å². The van der Waals surface area contributed by atoms with Crippen molar-refractivity contribution in [3.05, 3.63) is 22.7 Å². The lowest BCUT2D eigenvalue weighted by molar-refractivity contribution is 0.403. The fourth-order valence-electron chi connectivity index (χ4n) is 2.32. The van der Waals surface area contributed by atoms with Crippen molar-refractivity contribution in [2.75, 3.05) is 30.4 Å². The SMILES string of the molecule is Cc1c(Cl)ccc2c1NCC(C)(C)CN2C. The van der Waals surface area contributed by atoms with Crippen LogP contribution in [0.3, 0.4) is 0 Å². The first kappa shape index (κ1) is 11.6. The van der Waals surface area contributed by atoms with E-state index in [4.69, 9.17) is 11.6 Å². The minimum Gasteiger partial charge on any atom is -0.383 e. The summed E-state index contributed by atoms with van der Waals surface area (Å²) in [6.07, 6.45) is 0. The molecule has 0 saturated heterocycles. The Morgan fingerprint density at radius 1 is 1.38 bits per heavy atom. The molecule has 0 atom stereocenters. The normalized spacial score (nSPS) is 18.7. The van der Waals surface area contributed by atoms with Crippen LogP contribution in [0.1, 0.15) is 19.4 Å². The second kappa shape index (κ2) is 3.85. The topological polar surface area (TPSA) is 15.3 Å². The van der Waals surface area contributed by atoms with Crippen molar-refractivity contribution in [3.63, 3.8) is 0 Å². The lowest BCUT2D eigenvalue weighted by Crippen LogP contribution is -2.33. The number of nitrogens with one attached hydrogen (secondary N) is 1. The second-order valence-corrected chi connectivity index (χ2v) is 5.85. The van der Waals surface area contributed by atoms with E-state index in [-0.39, 0.29) is 5.41 Å². The number of anilines is 2. The molecule has 1 aliphatic heterocycles. The van der Waals surface area contributed by atoms with Crippen LogP contribution in [0.25, 0.3) is 0 Å². The van der Waals surface area contributed by atoms with Gasteiger partial charge in [0.05, 0.1) is 11.4 Å². The third-order valence-electron chi connectivity index (χ3n) is 3.20. The Labute approximate surface area is 103 Å². The number of halogens is 1. The molecule has 0 aliphatic carbocycles. The molecule has 1 aromatic carbocycles. The molecule has 2 nitrogen and oxygen atoms in total. The maximum Gasteiger partial charge on any atom is 0.0622 e.